The van der Waals surface area contributed by atoms with Crippen molar-refractivity contribution in [2.24, 2.45) is 25.6 Å². The number of aryl methyl sites for hydroxylation is 2. The normalized spacial score (nSPS) is 11.6. The summed E-state index contributed by atoms with van der Waals surface area (Å²) in [4.78, 5) is 46.2. The Kier molecular flexibility index (Phi) is 13.2. The monoisotopic (exact) mass is 870 g/mol. The molecule has 0 atom stereocenters. The number of benzene rings is 4. The number of rotatable bonds is 10. The van der Waals surface area contributed by atoms with Crippen molar-refractivity contribution in [1.82, 2.24) is 19.6 Å². The van der Waals surface area contributed by atoms with Crippen LogP contribution in [0.15, 0.2) is 131 Å². The predicted molar refractivity (Wildman–Crippen MR) is 195 cm³/mol. The molecular weight excluding hydrogens is 843 g/mol. The number of carboxylic acids is 1. The molecule has 7 N–H and O–H groups in total. The number of nitro benzene ring substituents is 1. The fourth-order valence-corrected chi connectivity index (χ4v) is 6.07. The molecule has 0 bridgehead atoms. The molecule has 0 spiro atoms. The van der Waals surface area contributed by atoms with Crippen molar-refractivity contribution < 1.29 is 59.3 Å². The first kappa shape index (κ1) is 43.8. The van der Waals surface area contributed by atoms with E-state index in [0.717, 1.165) is 27.6 Å². The molecule has 6 aromatic rings. The summed E-state index contributed by atoms with van der Waals surface area (Å²) < 4.78 is 48.4. The van der Waals surface area contributed by atoms with Crippen molar-refractivity contribution in [3.05, 3.63) is 139 Å². The van der Waals surface area contributed by atoms with Gasteiger partial charge >= 0.3 is 27.4 Å². The number of primary sulfonamides is 1. The van der Waals surface area contributed by atoms with E-state index in [9.17, 15) is 51.5 Å². The largest absolute Gasteiger partial charge is 3.00 e. The Hall–Kier alpha value is -6.88. The van der Waals surface area contributed by atoms with Gasteiger partial charge in [-0.3, -0.25) is 29.9 Å². The maximum Gasteiger partial charge on any atom is 3.00 e. The summed E-state index contributed by atoms with van der Waals surface area (Å²) in [5.41, 5.74) is -0.940. The molecule has 25 heteroatoms. The van der Waals surface area contributed by atoms with Gasteiger partial charge in [0.05, 0.1) is 49.9 Å². The molecule has 2 heterocycles. The molecule has 0 aliphatic carbocycles. The number of hydrogen-bond donors (Lipinski definition) is 4. The Labute approximate surface area is 337 Å². The summed E-state index contributed by atoms with van der Waals surface area (Å²) in [5, 5.41) is 62.6. The molecule has 0 aliphatic rings. The van der Waals surface area contributed by atoms with E-state index in [4.69, 9.17) is 5.14 Å². The van der Waals surface area contributed by atoms with E-state index in [0.29, 0.717) is 11.4 Å². The van der Waals surface area contributed by atoms with Gasteiger partial charge in [0.2, 0.25) is 10.0 Å². The van der Waals surface area contributed by atoms with Crippen LogP contribution >= 0.6 is 0 Å². The van der Waals surface area contributed by atoms with E-state index in [2.05, 4.69) is 35.8 Å². The van der Waals surface area contributed by atoms with E-state index in [1.165, 1.54) is 67.6 Å². The van der Waals surface area contributed by atoms with Crippen LogP contribution in [-0.2, 0) is 37.4 Å². The van der Waals surface area contributed by atoms with Crippen LogP contribution in [0.2, 0.25) is 0 Å². The van der Waals surface area contributed by atoms with Gasteiger partial charge in [0.1, 0.15) is 4.90 Å². The van der Waals surface area contributed by atoms with Crippen molar-refractivity contribution in [2.75, 3.05) is 0 Å². The van der Waals surface area contributed by atoms with Gasteiger partial charge in [-0.2, -0.15) is 13.5 Å². The smallest absolute Gasteiger partial charge is 0.871 e. The van der Waals surface area contributed by atoms with E-state index in [-0.39, 0.29) is 72.5 Å². The molecule has 0 fully saturated rings. The number of non-ortho nitro benzene ring substituents is 1. The number of nitrogens with two attached hydrogens (primary N) is 1. The van der Waals surface area contributed by atoms with Gasteiger partial charge < -0.3 is 15.0 Å². The molecule has 0 saturated carbocycles. The average Bonchev–Trinajstić information content (AvgIpc) is 3.61. The molecule has 0 saturated heterocycles. The third-order valence-electron chi connectivity index (χ3n) is 7.71. The molecule has 6 rings (SSSR count). The first-order valence-electron chi connectivity index (χ1n) is 15.8. The molecule has 0 unspecified atom stereocenters. The third-order valence-corrected chi connectivity index (χ3v) is 9.60. The fourth-order valence-electron chi connectivity index (χ4n) is 4.93. The number of hydrogen-bond acceptors (Lipinski definition) is 15. The van der Waals surface area contributed by atoms with Crippen molar-refractivity contribution >= 4 is 54.5 Å². The van der Waals surface area contributed by atoms with Crippen LogP contribution in [0.1, 0.15) is 21.7 Å². The number of nitro groups is 1. The van der Waals surface area contributed by atoms with Crippen molar-refractivity contribution in [3.8, 4) is 17.1 Å². The van der Waals surface area contributed by atoms with Gasteiger partial charge in [0.25, 0.3) is 16.8 Å². The van der Waals surface area contributed by atoms with Crippen LogP contribution in [0.5, 0.6) is 5.75 Å². The second-order valence-corrected chi connectivity index (χ2v) is 15.0. The Morgan fingerprint density at radius 2 is 1.24 bits per heavy atom. The minimum Gasteiger partial charge on any atom is -0.871 e. The van der Waals surface area contributed by atoms with Crippen LogP contribution in [0.4, 0.5) is 28.4 Å². The summed E-state index contributed by atoms with van der Waals surface area (Å²) in [6, 6.07) is 19.9. The number of nitrogens with zero attached hydrogens (tertiary/aromatic N) is 7. The molecular formula is C33H28CrN11O11S2+2. The molecule has 297 valence electrons. The Morgan fingerprint density at radius 1 is 0.741 bits per heavy atom. The number of carboxylic acid groups (broad SMARTS) is 1. The quantitative estimate of drug-likeness (QED) is 0.0872. The number of aromatic nitrogens is 4. The number of aromatic amines is 2. The van der Waals surface area contributed by atoms with Crippen molar-refractivity contribution in [3.63, 3.8) is 0 Å². The predicted octanol–water partition coefficient (Wildman–Crippen LogP) is 1.70. The topological polar surface area (TPSA) is 353 Å². The summed E-state index contributed by atoms with van der Waals surface area (Å²) >= 11 is 0. The minimum absolute atomic E-state index is 0. The zero-order valence-corrected chi connectivity index (χ0v) is 32.7. The van der Waals surface area contributed by atoms with Crippen LogP contribution in [0.3, 0.4) is 0 Å². The number of azo groups is 2. The van der Waals surface area contributed by atoms with Gasteiger partial charge in [-0.25, -0.2) is 28.1 Å². The van der Waals surface area contributed by atoms with E-state index in [1.807, 2.05) is 0 Å². The number of nitrogens with one attached hydrogen (secondary N) is 2. The number of aromatic carboxylic acids is 1. The zero-order valence-electron chi connectivity index (χ0n) is 29.8. The van der Waals surface area contributed by atoms with E-state index in [1.54, 1.807) is 19.1 Å². The van der Waals surface area contributed by atoms with Gasteiger partial charge in [-0.1, -0.05) is 36.1 Å². The second kappa shape index (κ2) is 17.5. The summed E-state index contributed by atoms with van der Waals surface area (Å²) in [7, 11) is -7.66. The maximum absolute atomic E-state index is 12.7. The first-order chi connectivity index (χ1) is 26.8. The fraction of sp³-hybridized carbons (Fsp3) is 0.0606. The van der Waals surface area contributed by atoms with Crippen molar-refractivity contribution in [1.29, 1.82) is 0 Å². The molecule has 4 aromatic carbocycles. The van der Waals surface area contributed by atoms with Crippen LogP contribution in [0.25, 0.3) is 11.4 Å². The number of sulfonamides is 2. The minimum atomic E-state index is -3.96. The summed E-state index contributed by atoms with van der Waals surface area (Å²) in [5.74, 6) is -2.14. The standard InChI is InChI=1S/C17H15N5O5S.C16H14N6O6S.Cr/c1-10-15(20-19-14-8-3-2-7-13(14)17(24)25)16(23)22(21-10)11-5-4-6-12(9-11)28(18,26)27;1-9-15(19-18-13-6-5-11(22(25)26)8-14(13)23)16(24)21(20-9)10-3-2-4-12(7-10)29(17,27)28;/h2-9,21H,1H3,(H,24,25)(H2,18,26,27);2-8,20,23H,1H3,(H2,17,27,28);/q;;+3/p-1. The molecule has 1 radical (unpaired) electrons. The molecule has 0 aliphatic heterocycles. The molecule has 58 heavy (non-hydrogen) atoms. The number of carbonyl (C=O) groups is 1. The van der Waals surface area contributed by atoms with Crippen LogP contribution < -0.4 is 31.6 Å². The van der Waals surface area contributed by atoms with Gasteiger partial charge in [0.15, 0.2) is 11.4 Å². The van der Waals surface area contributed by atoms with Crippen LogP contribution in [-0.4, -0.2) is 47.3 Å². The second-order valence-electron chi connectivity index (χ2n) is 11.7. The first-order valence-corrected chi connectivity index (χ1v) is 19.0. The Balaban J connectivity index is 0.000000252. The Morgan fingerprint density at radius 3 is 1.72 bits per heavy atom. The van der Waals surface area contributed by atoms with E-state index < -0.39 is 47.8 Å². The van der Waals surface area contributed by atoms with Gasteiger partial charge in [0, 0.05) is 17.7 Å². The number of carbonyl (C=O) groups excluding carboxylic acids is 1. The summed E-state index contributed by atoms with van der Waals surface area (Å²) in [6.45, 7) is 3.11. The molecule has 22 nitrogen and oxygen atoms in total. The van der Waals surface area contributed by atoms with Crippen molar-refractivity contribution in [2.45, 2.75) is 23.6 Å². The number of quaternary nitrogens is 1. The Bertz CT molecular complexity index is 2970. The van der Waals surface area contributed by atoms with Gasteiger partial charge in [-0.15, -0.1) is 15.3 Å². The summed E-state index contributed by atoms with van der Waals surface area (Å²) in [6.07, 6.45) is 0. The van der Waals surface area contributed by atoms with Crippen LogP contribution in [0, 0.1) is 24.0 Å². The number of H-pyrrole nitrogens is 2. The SMILES string of the molecule is Cc1[nH]n(-c2cccc(S(N)(=O)=O)c2)c(=O)c1N=Nc1ccc([N+](=O)[O-])cc1[O-].Cc1[nH]n(-c2cccc(S([NH3+])(=O)=O)c2)c(=O)c1N=Nc1ccccc1C(=O)[O-].[Cr+3]. The maximum atomic E-state index is 12.7. The third kappa shape index (κ3) is 9.91. The zero-order chi connectivity index (χ0) is 41.8. The van der Waals surface area contributed by atoms with Gasteiger partial charge in [-0.05, 0) is 62.4 Å². The molecule has 2 aromatic heterocycles. The molecule has 0 amide bonds. The van der Waals surface area contributed by atoms with E-state index >= 15 is 0 Å². The average molecular weight is 871 g/mol.